The molecule has 0 bridgehead atoms. The molecule has 1 aromatic rings. The zero-order valence-corrected chi connectivity index (χ0v) is 8.74. The van der Waals surface area contributed by atoms with Gasteiger partial charge in [-0.15, -0.1) is 0 Å². The van der Waals surface area contributed by atoms with Gasteiger partial charge in [0.1, 0.15) is 5.75 Å². The number of ether oxygens (including phenoxy) is 1. The number of hydrogen-bond acceptors (Lipinski definition) is 4. The number of methoxy groups -OCH3 is 1. The molecular weight excluding hydrogens is 180 g/mol. The molecule has 0 amide bonds. The smallest absolute Gasteiger partial charge is 0.128 e. The van der Waals surface area contributed by atoms with Gasteiger partial charge in [-0.1, -0.05) is 0 Å². The van der Waals surface area contributed by atoms with Gasteiger partial charge in [0.2, 0.25) is 0 Å². The maximum atomic E-state index is 9.67. The molecular formula is C10H16N2O2. The van der Waals surface area contributed by atoms with Crippen LogP contribution in [0.2, 0.25) is 0 Å². The summed E-state index contributed by atoms with van der Waals surface area (Å²) >= 11 is 0. The lowest BCUT2D eigenvalue weighted by Gasteiger charge is -2.15. The molecule has 0 spiro atoms. The van der Waals surface area contributed by atoms with Crippen LogP contribution in [-0.2, 0) is 0 Å². The maximum absolute atomic E-state index is 9.67. The average molecular weight is 196 g/mol. The molecule has 1 unspecified atom stereocenters. The molecule has 0 fully saturated rings. The fraction of sp³-hybridized carbons (Fsp3) is 0.500. The summed E-state index contributed by atoms with van der Waals surface area (Å²) in [6.45, 7) is 3.89. The number of aromatic nitrogens is 1. The SMILES string of the molecule is COc1cc(C)nc(C)c1C(O)CN. The number of pyridine rings is 1. The molecule has 0 radical (unpaired) electrons. The summed E-state index contributed by atoms with van der Waals surface area (Å²) in [5.74, 6) is 0.646. The first kappa shape index (κ1) is 10.9. The van der Waals surface area contributed by atoms with Crippen LogP contribution in [0.15, 0.2) is 6.07 Å². The van der Waals surface area contributed by atoms with Crippen molar-refractivity contribution in [2.24, 2.45) is 5.73 Å². The van der Waals surface area contributed by atoms with Gasteiger partial charge in [-0.05, 0) is 13.8 Å². The van der Waals surface area contributed by atoms with Gasteiger partial charge >= 0.3 is 0 Å². The van der Waals surface area contributed by atoms with E-state index in [9.17, 15) is 5.11 Å². The fourth-order valence-electron chi connectivity index (χ4n) is 1.49. The van der Waals surface area contributed by atoms with Gasteiger partial charge in [0.15, 0.2) is 0 Å². The summed E-state index contributed by atoms with van der Waals surface area (Å²) in [6.07, 6.45) is -0.710. The average Bonchev–Trinajstić information content (AvgIpc) is 2.15. The minimum absolute atomic E-state index is 0.169. The van der Waals surface area contributed by atoms with Crippen LogP contribution in [0.5, 0.6) is 5.75 Å². The van der Waals surface area contributed by atoms with Gasteiger partial charge in [-0.25, -0.2) is 0 Å². The van der Waals surface area contributed by atoms with E-state index in [1.807, 2.05) is 13.8 Å². The first-order valence-corrected chi connectivity index (χ1v) is 4.50. The number of hydrogen-bond donors (Lipinski definition) is 2. The number of aliphatic hydroxyl groups is 1. The van der Waals surface area contributed by atoms with Crippen molar-refractivity contribution in [1.29, 1.82) is 0 Å². The molecule has 1 rings (SSSR count). The number of nitrogens with two attached hydrogens (primary N) is 1. The highest BCUT2D eigenvalue weighted by Gasteiger charge is 2.16. The van der Waals surface area contributed by atoms with Crippen molar-refractivity contribution in [2.45, 2.75) is 20.0 Å². The molecule has 4 nitrogen and oxygen atoms in total. The molecule has 3 N–H and O–H groups in total. The second-order valence-corrected chi connectivity index (χ2v) is 3.22. The first-order chi connectivity index (χ1) is 6.60. The lowest BCUT2D eigenvalue weighted by atomic mass is 10.1. The Bertz CT molecular complexity index is 326. The number of aryl methyl sites for hydroxylation is 2. The van der Waals surface area contributed by atoms with Gasteiger partial charge in [0.05, 0.1) is 13.2 Å². The first-order valence-electron chi connectivity index (χ1n) is 4.50. The van der Waals surface area contributed by atoms with Crippen molar-refractivity contribution in [3.05, 3.63) is 23.0 Å². The molecule has 1 atom stereocenters. The molecule has 4 heteroatoms. The molecule has 0 aliphatic heterocycles. The fourth-order valence-corrected chi connectivity index (χ4v) is 1.49. The van der Waals surface area contributed by atoms with Crippen LogP contribution in [0.4, 0.5) is 0 Å². The van der Waals surface area contributed by atoms with E-state index in [4.69, 9.17) is 10.5 Å². The van der Waals surface area contributed by atoms with Crippen LogP contribution in [0.3, 0.4) is 0 Å². The Balaban J connectivity index is 3.24. The predicted molar refractivity (Wildman–Crippen MR) is 54.3 cm³/mol. The van der Waals surface area contributed by atoms with E-state index >= 15 is 0 Å². The van der Waals surface area contributed by atoms with Crippen LogP contribution < -0.4 is 10.5 Å². The van der Waals surface area contributed by atoms with Crippen LogP contribution in [-0.4, -0.2) is 23.7 Å². The highest BCUT2D eigenvalue weighted by atomic mass is 16.5. The van der Waals surface area contributed by atoms with Crippen LogP contribution in [0.25, 0.3) is 0 Å². The Morgan fingerprint density at radius 3 is 2.71 bits per heavy atom. The summed E-state index contributed by atoms with van der Waals surface area (Å²) < 4.78 is 5.17. The Hall–Kier alpha value is -1.13. The molecule has 0 aliphatic carbocycles. The molecule has 0 saturated heterocycles. The van der Waals surface area contributed by atoms with Crippen molar-refractivity contribution < 1.29 is 9.84 Å². The molecule has 0 saturated carbocycles. The van der Waals surface area contributed by atoms with Gasteiger partial charge in [-0.3, -0.25) is 4.98 Å². The summed E-state index contributed by atoms with van der Waals surface area (Å²) in [6, 6.07) is 1.79. The molecule has 1 heterocycles. The highest BCUT2D eigenvalue weighted by molar-refractivity contribution is 5.39. The van der Waals surface area contributed by atoms with E-state index in [1.54, 1.807) is 13.2 Å². The monoisotopic (exact) mass is 196 g/mol. The largest absolute Gasteiger partial charge is 0.496 e. The van der Waals surface area contributed by atoms with Crippen molar-refractivity contribution in [3.63, 3.8) is 0 Å². The lowest BCUT2D eigenvalue weighted by Crippen LogP contribution is -2.14. The zero-order valence-electron chi connectivity index (χ0n) is 8.74. The lowest BCUT2D eigenvalue weighted by molar-refractivity contribution is 0.180. The minimum Gasteiger partial charge on any atom is -0.496 e. The van der Waals surface area contributed by atoms with Gasteiger partial charge in [0, 0.05) is 29.6 Å². The quantitative estimate of drug-likeness (QED) is 0.746. The third-order valence-electron chi connectivity index (χ3n) is 2.12. The molecule has 0 aromatic carbocycles. The molecule has 14 heavy (non-hydrogen) atoms. The zero-order chi connectivity index (χ0) is 10.7. The molecule has 78 valence electrons. The third-order valence-corrected chi connectivity index (χ3v) is 2.12. The normalized spacial score (nSPS) is 12.6. The second-order valence-electron chi connectivity index (χ2n) is 3.22. The summed E-state index contributed by atoms with van der Waals surface area (Å²) in [4.78, 5) is 4.26. The van der Waals surface area contributed by atoms with E-state index in [0.717, 1.165) is 11.4 Å². The van der Waals surface area contributed by atoms with Gasteiger partial charge < -0.3 is 15.6 Å². The van der Waals surface area contributed by atoms with Crippen molar-refractivity contribution >= 4 is 0 Å². The Morgan fingerprint density at radius 2 is 2.21 bits per heavy atom. The standard InChI is InChI=1S/C10H16N2O2/c1-6-4-9(14-3)10(7(2)12-6)8(13)5-11/h4,8,13H,5,11H2,1-3H3. The highest BCUT2D eigenvalue weighted by Crippen LogP contribution is 2.27. The van der Waals surface area contributed by atoms with E-state index in [-0.39, 0.29) is 6.54 Å². The van der Waals surface area contributed by atoms with E-state index < -0.39 is 6.10 Å². The van der Waals surface area contributed by atoms with E-state index in [0.29, 0.717) is 11.3 Å². The molecule has 1 aromatic heterocycles. The number of nitrogens with zero attached hydrogens (tertiary/aromatic N) is 1. The van der Waals surface area contributed by atoms with Crippen molar-refractivity contribution in [2.75, 3.05) is 13.7 Å². The van der Waals surface area contributed by atoms with Crippen LogP contribution >= 0.6 is 0 Å². The van der Waals surface area contributed by atoms with Crippen LogP contribution in [0.1, 0.15) is 23.1 Å². The van der Waals surface area contributed by atoms with Crippen molar-refractivity contribution in [1.82, 2.24) is 4.98 Å². The van der Waals surface area contributed by atoms with Crippen LogP contribution in [0, 0.1) is 13.8 Å². The Kier molecular flexibility index (Phi) is 3.43. The Labute approximate surface area is 83.7 Å². The second kappa shape index (κ2) is 4.39. The summed E-state index contributed by atoms with van der Waals surface area (Å²) in [5.41, 5.74) is 7.71. The third kappa shape index (κ3) is 2.02. The topological polar surface area (TPSA) is 68.4 Å². The predicted octanol–water partition coefficient (Wildman–Crippen LogP) is 0.699. The van der Waals surface area contributed by atoms with Crippen molar-refractivity contribution in [3.8, 4) is 5.75 Å². The van der Waals surface area contributed by atoms with E-state index in [1.165, 1.54) is 0 Å². The summed E-state index contributed by atoms with van der Waals surface area (Å²) in [7, 11) is 1.57. The Morgan fingerprint density at radius 1 is 1.57 bits per heavy atom. The maximum Gasteiger partial charge on any atom is 0.128 e. The van der Waals surface area contributed by atoms with Gasteiger partial charge in [-0.2, -0.15) is 0 Å². The minimum atomic E-state index is -0.710. The summed E-state index contributed by atoms with van der Waals surface area (Å²) in [5, 5.41) is 9.67. The number of rotatable bonds is 3. The van der Waals surface area contributed by atoms with Gasteiger partial charge in [0.25, 0.3) is 0 Å². The van der Waals surface area contributed by atoms with E-state index in [2.05, 4.69) is 4.98 Å². The molecule has 0 aliphatic rings. The number of aliphatic hydroxyl groups excluding tert-OH is 1.